The minimum Gasteiger partial charge on any atom is -0.480 e. The minimum absolute atomic E-state index is 0.0155. The Morgan fingerprint density at radius 2 is 1.86 bits per heavy atom. The van der Waals surface area contributed by atoms with Gasteiger partial charge < -0.3 is 23.8 Å². The number of rotatable bonds is 6. The third kappa shape index (κ3) is 4.21. The molecule has 9 heteroatoms. The molecule has 1 atom stereocenters. The lowest BCUT2D eigenvalue weighted by Crippen LogP contribution is -2.42. The number of fused-ring (bicyclic) bond motifs is 1. The maximum Gasteiger partial charge on any atom is 0.256 e. The highest BCUT2D eigenvalue weighted by molar-refractivity contribution is 6.01. The van der Waals surface area contributed by atoms with Crippen LogP contribution in [0.25, 0.3) is 11.3 Å². The van der Waals surface area contributed by atoms with Crippen LogP contribution in [-0.2, 0) is 4.74 Å². The maximum atomic E-state index is 14.1. The molecule has 192 valence electrons. The predicted molar refractivity (Wildman–Crippen MR) is 140 cm³/mol. The number of carbonyl (C=O) groups is 1. The highest BCUT2D eigenvalue weighted by Gasteiger charge is 2.45. The summed E-state index contributed by atoms with van der Waals surface area (Å²) in [6, 6.07) is 11.6. The molecule has 2 aromatic heterocycles. The van der Waals surface area contributed by atoms with Gasteiger partial charge in [-0.25, -0.2) is 4.98 Å². The molecule has 0 unspecified atom stereocenters. The first kappa shape index (κ1) is 24.8. The van der Waals surface area contributed by atoms with Crippen LogP contribution >= 0.6 is 0 Å². The van der Waals surface area contributed by atoms with Crippen molar-refractivity contribution in [1.82, 2.24) is 19.4 Å². The topological polar surface area (TPSA) is 96.5 Å². The number of nitrogens with zero attached hydrogens (tertiary/aromatic N) is 6. The summed E-state index contributed by atoms with van der Waals surface area (Å²) in [5.74, 6) is 1.02. The Labute approximate surface area is 217 Å². The number of nitriles is 1. The fourth-order valence-corrected chi connectivity index (χ4v) is 5.44. The van der Waals surface area contributed by atoms with Crippen molar-refractivity contribution in [2.75, 3.05) is 39.3 Å². The molecular formula is C28H32N6O3. The number of amides is 1. The Kier molecular flexibility index (Phi) is 6.61. The number of benzene rings is 1. The first-order valence-electron chi connectivity index (χ1n) is 12.6. The Morgan fingerprint density at radius 3 is 2.46 bits per heavy atom. The number of aromatic nitrogens is 3. The number of hydrogen-bond acceptors (Lipinski definition) is 7. The van der Waals surface area contributed by atoms with E-state index in [4.69, 9.17) is 9.47 Å². The summed E-state index contributed by atoms with van der Waals surface area (Å²) in [5, 5.41) is 9.34. The van der Waals surface area contributed by atoms with Gasteiger partial charge in [0.2, 0.25) is 11.8 Å². The molecule has 0 bridgehead atoms. The van der Waals surface area contributed by atoms with Gasteiger partial charge in [0.1, 0.15) is 0 Å². The Morgan fingerprint density at radius 1 is 1.16 bits per heavy atom. The molecule has 1 amide bonds. The summed E-state index contributed by atoms with van der Waals surface area (Å²) in [5.41, 5.74) is 4.79. The average molecular weight is 501 g/mol. The van der Waals surface area contributed by atoms with E-state index in [1.807, 2.05) is 54.2 Å². The van der Waals surface area contributed by atoms with E-state index in [1.54, 1.807) is 13.3 Å². The lowest BCUT2D eigenvalue weighted by molar-refractivity contribution is 0.0242. The van der Waals surface area contributed by atoms with Gasteiger partial charge in [-0.05, 0) is 50.5 Å². The minimum atomic E-state index is -0.276. The fourth-order valence-electron chi connectivity index (χ4n) is 5.44. The lowest BCUT2D eigenvalue weighted by Gasteiger charge is -2.37. The van der Waals surface area contributed by atoms with Crippen LogP contribution in [0.2, 0.25) is 0 Å². The van der Waals surface area contributed by atoms with E-state index in [0.29, 0.717) is 36.2 Å². The van der Waals surface area contributed by atoms with E-state index in [-0.39, 0.29) is 24.0 Å². The van der Waals surface area contributed by atoms with Crippen LogP contribution in [0.3, 0.4) is 0 Å². The number of hydrogen-bond donors (Lipinski definition) is 0. The monoisotopic (exact) mass is 500 g/mol. The molecule has 0 radical (unpaired) electrons. The highest BCUT2D eigenvalue weighted by atomic mass is 16.5. The van der Waals surface area contributed by atoms with E-state index in [1.165, 1.54) is 0 Å². The molecule has 3 aromatic rings. The maximum absolute atomic E-state index is 14.1. The predicted octanol–water partition coefficient (Wildman–Crippen LogP) is 4.20. The molecule has 0 saturated carbocycles. The smallest absolute Gasteiger partial charge is 0.256 e. The van der Waals surface area contributed by atoms with Gasteiger partial charge in [-0.15, -0.1) is 0 Å². The molecule has 1 aromatic carbocycles. The molecular weight excluding hydrogens is 468 g/mol. The van der Waals surface area contributed by atoms with Crippen LogP contribution in [0.5, 0.6) is 5.88 Å². The van der Waals surface area contributed by atoms with Crippen molar-refractivity contribution in [2.24, 2.45) is 0 Å². The third-order valence-electron chi connectivity index (χ3n) is 7.14. The van der Waals surface area contributed by atoms with Crippen molar-refractivity contribution in [1.29, 1.82) is 5.26 Å². The Hall–Kier alpha value is -3.90. The summed E-state index contributed by atoms with van der Waals surface area (Å²) in [6.45, 7) is 5.51. The van der Waals surface area contributed by atoms with Gasteiger partial charge >= 0.3 is 0 Å². The summed E-state index contributed by atoms with van der Waals surface area (Å²) < 4.78 is 13.5. The van der Waals surface area contributed by atoms with Gasteiger partial charge in [0.05, 0.1) is 47.3 Å². The number of anilines is 1. The van der Waals surface area contributed by atoms with Crippen LogP contribution in [-0.4, -0.2) is 65.8 Å². The second-order valence-corrected chi connectivity index (χ2v) is 9.97. The molecule has 4 heterocycles. The second kappa shape index (κ2) is 9.87. The van der Waals surface area contributed by atoms with E-state index >= 15 is 0 Å². The van der Waals surface area contributed by atoms with Gasteiger partial charge in [-0.1, -0.05) is 12.1 Å². The summed E-state index contributed by atoms with van der Waals surface area (Å²) in [7, 11) is 5.36. The Bertz CT molecular complexity index is 1350. The second-order valence-electron chi connectivity index (χ2n) is 9.97. The van der Waals surface area contributed by atoms with Crippen molar-refractivity contribution >= 4 is 11.9 Å². The molecule has 2 aliphatic rings. The van der Waals surface area contributed by atoms with Crippen LogP contribution in [0.15, 0.2) is 36.5 Å². The summed E-state index contributed by atoms with van der Waals surface area (Å²) in [6.07, 6.45) is 3.36. The molecule has 1 fully saturated rings. The van der Waals surface area contributed by atoms with Gasteiger partial charge in [0, 0.05) is 45.6 Å². The average Bonchev–Trinajstić information content (AvgIpc) is 3.43. The van der Waals surface area contributed by atoms with E-state index in [9.17, 15) is 10.1 Å². The van der Waals surface area contributed by atoms with E-state index in [2.05, 4.69) is 34.5 Å². The molecule has 2 aliphatic heterocycles. The lowest BCUT2D eigenvalue weighted by atomic mass is 9.98. The highest BCUT2D eigenvalue weighted by Crippen LogP contribution is 2.47. The molecule has 0 N–H and O–H groups in total. The van der Waals surface area contributed by atoms with Crippen LogP contribution in [0.1, 0.15) is 66.0 Å². The standard InChI is InChI=1S/C28H32N6O3/c1-17(2)33-23(22-16-30-28(32(3)4)31-26(22)36-5)14-21-25(33)24(19-8-6-18(15-29)7-9-19)34(27(21)35)20-10-12-37-13-11-20/h6-9,14,16-17,20,24H,10-13H2,1-5H3/t24-/m1/s1. The van der Waals surface area contributed by atoms with Crippen LogP contribution in [0, 0.1) is 11.3 Å². The van der Waals surface area contributed by atoms with Crippen molar-refractivity contribution in [3.63, 3.8) is 0 Å². The quantitative estimate of drug-likeness (QED) is 0.501. The molecule has 9 nitrogen and oxygen atoms in total. The molecule has 37 heavy (non-hydrogen) atoms. The van der Waals surface area contributed by atoms with Crippen molar-refractivity contribution in [2.45, 2.75) is 44.8 Å². The summed E-state index contributed by atoms with van der Waals surface area (Å²) >= 11 is 0. The molecule has 0 spiro atoms. The molecule has 1 saturated heterocycles. The van der Waals surface area contributed by atoms with Crippen LogP contribution < -0.4 is 9.64 Å². The van der Waals surface area contributed by atoms with Gasteiger partial charge in [-0.3, -0.25) is 4.79 Å². The zero-order valence-corrected chi connectivity index (χ0v) is 21.9. The van der Waals surface area contributed by atoms with Gasteiger partial charge in [0.25, 0.3) is 5.91 Å². The normalized spacial score (nSPS) is 17.7. The van der Waals surface area contributed by atoms with Crippen molar-refractivity contribution in [3.05, 3.63) is 58.9 Å². The van der Waals surface area contributed by atoms with Crippen LogP contribution in [0.4, 0.5) is 5.95 Å². The number of ether oxygens (including phenoxy) is 2. The van der Waals surface area contributed by atoms with E-state index in [0.717, 1.165) is 35.4 Å². The van der Waals surface area contributed by atoms with Gasteiger partial charge in [-0.2, -0.15) is 10.2 Å². The fraction of sp³-hybridized carbons (Fsp3) is 0.429. The zero-order chi connectivity index (χ0) is 26.3. The van der Waals surface area contributed by atoms with Crippen molar-refractivity contribution in [3.8, 4) is 23.2 Å². The largest absolute Gasteiger partial charge is 0.480 e. The number of carbonyl (C=O) groups excluding carboxylic acids is 1. The first-order chi connectivity index (χ1) is 17.8. The molecule has 0 aliphatic carbocycles. The first-order valence-corrected chi connectivity index (χ1v) is 12.6. The van der Waals surface area contributed by atoms with Crippen molar-refractivity contribution < 1.29 is 14.3 Å². The summed E-state index contributed by atoms with van der Waals surface area (Å²) in [4.78, 5) is 27.0. The Balaban J connectivity index is 1.71. The molecule has 5 rings (SSSR count). The van der Waals surface area contributed by atoms with E-state index < -0.39 is 0 Å². The third-order valence-corrected chi connectivity index (χ3v) is 7.14. The van der Waals surface area contributed by atoms with Gasteiger partial charge in [0.15, 0.2) is 0 Å². The number of methoxy groups -OCH3 is 1. The SMILES string of the molecule is COc1nc(N(C)C)ncc1-c1cc2c(n1C(C)C)[C@@H](c1ccc(C#N)cc1)N(C1CCOCC1)C2=O. The zero-order valence-electron chi connectivity index (χ0n) is 21.9.